The lowest BCUT2D eigenvalue weighted by atomic mass is 10.0. The number of hydrogen-bond acceptors (Lipinski definition) is 4. The predicted octanol–water partition coefficient (Wildman–Crippen LogP) is 3.40. The molecular formula is C25H27N3O3. The van der Waals surface area contributed by atoms with Crippen LogP contribution in [0.3, 0.4) is 0 Å². The average Bonchev–Trinajstić information content (AvgIpc) is 3.28. The summed E-state index contributed by atoms with van der Waals surface area (Å²) in [6, 6.07) is 14.4. The smallest absolute Gasteiger partial charge is 0.248 e. The first kappa shape index (κ1) is 22.0. The number of carbonyl (C=O) groups is 2. The van der Waals surface area contributed by atoms with E-state index < -0.39 is 6.04 Å². The fourth-order valence-corrected chi connectivity index (χ4v) is 3.37. The van der Waals surface area contributed by atoms with E-state index in [1.54, 1.807) is 26.2 Å². The van der Waals surface area contributed by atoms with Crippen molar-refractivity contribution in [2.75, 3.05) is 7.11 Å². The van der Waals surface area contributed by atoms with Crippen LogP contribution in [-0.4, -0.2) is 30.7 Å². The fourth-order valence-electron chi connectivity index (χ4n) is 3.37. The molecule has 0 unspecified atom stereocenters. The number of methoxy groups -OCH3 is 1. The Hall–Kier alpha value is -3.67. The Morgan fingerprint density at radius 2 is 1.81 bits per heavy atom. The minimum atomic E-state index is -0.560. The van der Waals surface area contributed by atoms with Crippen LogP contribution in [0.25, 0.3) is 5.57 Å². The van der Waals surface area contributed by atoms with Crippen LogP contribution in [0.4, 0.5) is 0 Å². The first-order valence-electron chi connectivity index (χ1n) is 10.2. The minimum Gasteiger partial charge on any atom is -0.497 e. The van der Waals surface area contributed by atoms with Gasteiger partial charge in [0.05, 0.1) is 13.2 Å². The van der Waals surface area contributed by atoms with Crippen molar-refractivity contribution in [3.8, 4) is 5.75 Å². The first-order valence-corrected chi connectivity index (χ1v) is 10.2. The average molecular weight is 418 g/mol. The molecule has 3 rings (SSSR count). The van der Waals surface area contributed by atoms with Gasteiger partial charge in [-0.3, -0.25) is 15.0 Å². The molecule has 4 N–H and O–H groups in total. The van der Waals surface area contributed by atoms with Crippen molar-refractivity contribution < 1.29 is 14.3 Å². The number of ketones is 1. The van der Waals surface area contributed by atoms with Crippen LogP contribution in [0, 0.1) is 5.41 Å². The third-order valence-electron chi connectivity index (χ3n) is 5.34. The second-order valence-electron chi connectivity index (χ2n) is 7.53. The van der Waals surface area contributed by atoms with Gasteiger partial charge in [-0.25, -0.2) is 0 Å². The largest absolute Gasteiger partial charge is 0.497 e. The Labute approximate surface area is 182 Å². The summed E-state index contributed by atoms with van der Waals surface area (Å²) in [6.07, 6.45) is 5.31. The van der Waals surface area contributed by atoms with Crippen LogP contribution in [0.15, 0.2) is 66.3 Å². The Kier molecular flexibility index (Phi) is 7.03. The number of nitrogens with two attached hydrogens (primary N) is 1. The van der Waals surface area contributed by atoms with Gasteiger partial charge in [-0.1, -0.05) is 42.5 Å². The van der Waals surface area contributed by atoms with Crippen LogP contribution < -0.4 is 15.8 Å². The van der Waals surface area contributed by atoms with E-state index in [-0.39, 0.29) is 17.5 Å². The second-order valence-corrected chi connectivity index (χ2v) is 7.53. The minimum absolute atomic E-state index is 0.0183. The molecule has 0 spiro atoms. The number of allylic oxidation sites excluding steroid dienone is 3. The highest BCUT2D eigenvalue weighted by molar-refractivity contribution is 6.01. The molecule has 0 fully saturated rings. The highest BCUT2D eigenvalue weighted by atomic mass is 16.5. The van der Waals surface area contributed by atoms with Gasteiger partial charge < -0.3 is 15.8 Å². The third kappa shape index (κ3) is 5.69. The number of amides is 1. The summed E-state index contributed by atoms with van der Waals surface area (Å²) >= 11 is 0. The highest BCUT2D eigenvalue weighted by Crippen LogP contribution is 2.27. The lowest BCUT2D eigenvalue weighted by Crippen LogP contribution is -2.39. The van der Waals surface area contributed by atoms with E-state index in [9.17, 15) is 9.59 Å². The van der Waals surface area contributed by atoms with Crippen LogP contribution >= 0.6 is 0 Å². The molecule has 1 aliphatic carbocycles. The molecule has 2 aromatic carbocycles. The summed E-state index contributed by atoms with van der Waals surface area (Å²) in [6.45, 7) is 1.71. The number of amidine groups is 1. The number of aryl methyl sites for hydroxylation is 1. The van der Waals surface area contributed by atoms with Crippen molar-refractivity contribution in [2.45, 2.75) is 32.2 Å². The molecular weight excluding hydrogens is 390 g/mol. The summed E-state index contributed by atoms with van der Waals surface area (Å²) in [7, 11) is 1.62. The third-order valence-corrected chi connectivity index (χ3v) is 5.34. The predicted molar refractivity (Wildman–Crippen MR) is 122 cm³/mol. The molecule has 1 atom stereocenters. The zero-order valence-corrected chi connectivity index (χ0v) is 17.8. The molecule has 0 aromatic heterocycles. The lowest BCUT2D eigenvalue weighted by molar-refractivity contribution is -0.125. The molecule has 6 nitrogen and oxygen atoms in total. The zero-order chi connectivity index (χ0) is 22.4. The van der Waals surface area contributed by atoms with Crippen LogP contribution in [-0.2, 0) is 16.0 Å². The monoisotopic (exact) mass is 417 g/mol. The first-order chi connectivity index (χ1) is 14.9. The van der Waals surface area contributed by atoms with Gasteiger partial charge >= 0.3 is 0 Å². The van der Waals surface area contributed by atoms with E-state index in [1.807, 2.05) is 48.6 Å². The zero-order valence-electron chi connectivity index (χ0n) is 17.8. The van der Waals surface area contributed by atoms with Crippen molar-refractivity contribution in [2.24, 2.45) is 5.73 Å². The van der Waals surface area contributed by atoms with Crippen LogP contribution in [0.1, 0.15) is 36.5 Å². The second kappa shape index (κ2) is 9.89. The van der Waals surface area contributed by atoms with E-state index in [4.69, 9.17) is 15.9 Å². The van der Waals surface area contributed by atoms with Gasteiger partial charge in [0.25, 0.3) is 0 Å². The Bertz CT molecular complexity index is 1030. The number of ether oxygens (including phenoxy) is 1. The summed E-state index contributed by atoms with van der Waals surface area (Å²) in [4.78, 5) is 25.1. The molecule has 1 aliphatic rings. The van der Waals surface area contributed by atoms with Crippen molar-refractivity contribution in [1.29, 1.82) is 5.41 Å². The molecule has 2 aromatic rings. The van der Waals surface area contributed by atoms with Gasteiger partial charge in [0.15, 0.2) is 5.78 Å². The summed E-state index contributed by atoms with van der Waals surface area (Å²) in [5, 5.41) is 10.2. The molecule has 1 amide bonds. The Morgan fingerprint density at radius 3 is 2.42 bits per heavy atom. The van der Waals surface area contributed by atoms with E-state index in [2.05, 4.69) is 5.32 Å². The molecule has 0 saturated heterocycles. The number of benzene rings is 2. The normalized spacial score (nSPS) is 13.7. The Morgan fingerprint density at radius 1 is 1.13 bits per heavy atom. The van der Waals surface area contributed by atoms with Crippen LogP contribution in [0.2, 0.25) is 0 Å². The van der Waals surface area contributed by atoms with E-state index in [0.29, 0.717) is 30.4 Å². The molecule has 0 saturated carbocycles. The molecule has 160 valence electrons. The Balaban J connectivity index is 1.51. The van der Waals surface area contributed by atoms with Gasteiger partial charge in [-0.15, -0.1) is 0 Å². The van der Waals surface area contributed by atoms with Gasteiger partial charge in [-0.05, 0) is 54.7 Å². The van der Waals surface area contributed by atoms with E-state index >= 15 is 0 Å². The molecule has 31 heavy (non-hydrogen) atoms. The summed E-state index contributed by atoms with van der Waals surface area (Å²) in [5.41, 5.74) is 9.75. The lowest BCUT2D eigenvalue weighted by Gasteiger charge is -2.13. The molecule has 0 bridgehead atoms. The standard InChI is InChI=1S/C25H27N3O3/c1-16(23(29)14-5-17-3-6-19(7-4-17)24(26)27)28-25(30)21-9-8-20(15-21)18-10-12-22(31-2)13-11-18/h3-4,6-8,10-13,15-16H,5,9,14H2,1-2H3,(H3,26,27)(H,28,30)/t16-/m0/s1. The number of nitrogen functional groups attached to an aromatic ring is 1. The molecule has 6 heteroatoms. The quantitative estimate of drug-likeness (QED) is 0.429. The summed E-state index contributed by atoms with van der Waals surface area (Å²) < 4.78 is 5.18. The van der Waals surface area contributed by atoms with Crippen LogP contribution in [0.5, 0.6) is 5.75 Å². The van der Waals surface area contributed by atoms with Gasteiger partial charge in [0.1, 0.15) is 11.6 Å². The maximum Gasteiger partial charge on any atom is 0.248 e. The number of Topliss-reactive ketones (excluding diaryl/α,β-unsaturated/α-hetero) is 1. The fraction of sp³-hybridized carbons (Fsp3) is 0.240. The topological polar surface area (TPSA) is 105 Å². The summed E-state index contributed by atoms with van der Waals surface area (Å²) in [5.74, 6) is 0.564. The van der Waals surface area contributed by atoms with Crippen molar-refractivity contribution in [1.82, 2.24) is 5.32 Å². The molecule has 0 heterocycles. The maximum atomic E-state index is 12.6. The van der Waals surface area contributed by atoms with Crippen molar-refractivity contribution >= 4 is 23.1 Å². The molecule has 0 aliphatic heterocycles. The SMILES string of the molecule is COc1ccc(C2=CCC(C(=O)N[C@@H](C)C(=O)CCc3ccc(C(=N)N)cc3)=C2)cc1. The number of carbonyl (C=O) groups excluding carboxylic acids is 2. The van der Waals surface area contributed by atoms with Crippen molar-refractivity contribution in [3.05, 3.63) is 82.9 Å². The number of nitrogens with one attached hydrogen (secondary N) is 2. The van der Waals surface area contributed by atoms with Gasteiger partial charge in [-0.2, -0.15) is 0 Å². The number of hydrogen-bond donors (Lipinski definition) is 3. The van der Waals surface area contributed by atoms with Gasteiger partial charge in [0.2, 0.25) is 5.91 Å². The highest BCUT2D eigenvalue weighted by Gasteiger charge is 2.20. The van der Waals surface area contributed by atoms with E-state index in [0.717, 1.165) is 22.4 Å². The molecule has 0 radical (unpaired) electrons. The maximum absolute atomic E-state index is 12.6. The number of rotatable bonds is 9. The van der Waals surface area contributed by atoms with E-state index in [1.165, 1.54) is 0 Å². The van der Waals surface area contributed by atoms with Crippen molar-refractivity contribution in [3.63, 3.8) is 0 Å². The van der Waals surface area contributed by atoms with Gasteiger partial charge in [0, 0.05) is 17.6 Å².